The average molecular weight is 286 g/mol. The fraction of sp³-hybridized carbons (Fsp3) is 0. The molecule has 2 N–H and O–H groups in total. The van der Waals surface area contributed by atoms with E-state index in [4.69, 9.17) is 10.3 Å². The normalized spacial score (nSPS) is 10.9. The SMILES string of the molecule is Nc1ccc(-c2onc3ccccc23)c(-c2ccccc2)c1. The third-order valence-electron chi connectivity index (χ3n) is 3.76. The Labute approximate surface area is 128 Å². The van der Waals surface area contributed by atoms with Crippen LogP contribution in [0.2, 0.25) is 0 Å². The third kappa shape index (κ3) is 2.04. The second-order valence-electron chi connectivity index (χ2n) is 5.20. The number of hydrogen-bond acceptors (Lipinski definition) is 3. The van der Waals surface area contributed by atoms with Crippen molar-refractivity contribution in [3.63, 3.8) is 0 Å². The van der Waals surface area contributed by atoms with Crippen LogP contribution in [-0.4, -0.2) is 5.16 Å². The monoisotopic (exact) mass is 286 g/mol. The molecule has 0 unspecified atom stereocenters. The number of hydrogen-bond donors (Lipinski definition) is 1. The highest BCUT2D eigenvalue weighted by atomic mass is 16.5. The Kier molecular flexibility index (Phi) is 2.90. The van der Waals surface area contributed by atoms with Crippen molar-refractivity contribution in [3.8, 4) is 22.5 Å². The zero-order valence-corrected chi connectivity index (χ0v) is 11.9. The lowest BCUT2D eigenvalue weighted by atomic mass is 9.96. The summed E-state index contributed by atoms with van der Waals surface area (Å²) in [6.45, 7) is 0. The minimum Gasteiger partial charge on any atom is -0.399 e. The number of fused-ring (bicyclic) bond motifs is 1. The zero-order chi connectivity index (χ0) is 14.9. The quantitative estimate of drug-likeness (QED) is 0.541. The summed E-state index contributed by atoms with van der Waals surface area (Å²) in [6, 6.07) is 23.9. The van der Waals surface area contributed by atoms with Crippen LogP contribution in [0.5, 0.6) is 0 Å². The fourth-order valence-electron chi connectivity index (χ4n) is 2.70. The summed E-state index contributed by atoms with van der Waals surface area (Å²) in [5.74, 6) is 0.773. The first-order valence-corrected chi connectivity index (χ1v) is 7.13. The highest BCUT2D eigenvalue weighted by Crippen LogP contribution is 2.37. The van der Waals surface area contributed by atoms with Crippen LogP contribution in [0.25, 0.3) is 33.4 Å². The van der Waals surface area contributed by atoms with Crippen molar-refractivity contribution < 1.29 is 4.52 Å². The molecule has 0 fully saturated rings. The molecule has 22 heavy (non-hydrogen) atoms. The van der Waals surface area contributed by atoms with E-state index >= 15 is 0 Å². The van der Waals surface area contributed by atoms with Crippen LogP contribution in [0.3, 0.4) is 0 Å². The van der Waals surface area contributed by atoms with E-state index < -0.39 is 0 Å². The fourth-order valence-corrected chi connectivity index (χ4v) is 2.70. The van der Waals surface area contributed by atoms with E-state index in [1.807, 2.05) is 60.7 Å². The minimum absolute atomic E-state index is 0.728. The number of nitrogen functional groups attached to an aromatic ring is 1. The Morgan fingerprint density at radius 1 is 0.773 bits per heavy atom. The average Bonchev–Trinajstić information content (AvgIpc) is 3.00. The van der Waals surface area contributed by atoms with Gasteiger partial charge in [-0.05, 0) is 41.5 Å². The van der Waals surface area contributed by atoms with Crippen LogP contribution < -0.4 is 5.73 Å². The highest BCUT2D eigenvalue weighted by molar-refractivity contribution is 5.96. The van der Waals surface area contributed by atoms with Crippen LogP contribution in [-0.2, 0) is 0 Å². The van der Waals surface area contributed by atoms with Gasteiger partial charge in [0.15, 0.2) is 5.76 Å². The smallest absolute Gasteiger partial charge is 0.175 e. The van der Waals surface area contributed by atoms with Gasteiger partial charge in [0.1, 0.15) is 5.52 Å². The first-order chi connectivity index (χ1) is 10.8. The van der Waals surface area contributed by atoms with Crippen molar-refractivity contribution in [2.45, 2.75) is 0 Å². The Bertz CT molecular complexity index is 942. The number of aromatic nitrogens is 1. The molecule has 0 aliphatic heterocycles. The van der Waals surface area contributed by atoms with Gasteiger partial charge in [-0.15, -0.1) is 0 Å². The molecule has 0 spiro atoms. The van der Waals surface area contributed by atoms with Gasteiger partial charge < -0.3 is 10.3 Å². The van der Waals surface area contributed by atoms with Crippen LogP contribution in [0.1, 0.15) is 0 Å². The van der Waals surface area contributed by atoms with E-state index in [1.54, 1.807) is 0 Å². The molecule has 4 rings (SSSR count). The summed E-state index contributed by atoms with van der Waals surface area (Å²) < 4.78 is 5.61. The van der Waals surface area contributed by atoms with E-state index in [1.165, 1.54) is 0 Å². The molecule has 106 valence electrons. The van der Waals surface area contributed by atoms with Gasteiger partial charge in [-0.25, -0.2) is 0 Å². The highest BCUT2D eigenvalue weighted by Gasteiger charge is 2.15. The van der Waals surface area contributed by atoms with Crippen LogP contribution in [0.4, 0.5) is 5.69 Å². The van der Waals surface area contributed by atoms with Crippen molar-refractivity contribution in [2.24, 2.45) is 0 Å². The first-order valence-electron chi connectivity index (χ1n) is 7.13. The Morgan fingerprint density at radius 3 is 2.41 bits per heavy atom. The maximum absolute atomic E-state index is 5.98. The molecule has 0 atom stereocenters. The molecule has 0 amide bonds. The van der Waals surface area contributed by atoms with Gasteiger partial charge in [-0.3, -0.25) is 0 Å². The molecule has 4 aromatic rings. The summed E-state index contributed by atoms with van der Waals surface area (Å²) in [4.78, 5) is 0. The molecule has 3 aromatic carbocycles. The maximum Gasteiger partial charge on any atom is 0.175 e. The van der Waals surface area contributed by atoms with E-state index in [-0.39, 0.29) is 0 Å². The molecule has 0 aliphatic rings. The van der Waals surface area contributed by atoms with E-state index in [9.17, 15) is 0 Å². The number of benzene rings is 3. The summed E-state index contributed by atoms with van der Waals surface area (Å²) in [5, 5.41) is 5.15. The molecular formula is C19H14N2O. The van der Waals surface area contributed by atoms with Gasteiger partial charge in [0.05, 0.1) is 0 Å². The Hall–Kier alpha value is -3.07. The first kappa shape index (κ1) is 12.7. The summed E-state index contributed by atoms with van der Waals surface area (Å²) in [7, 11) is 0. The number of anilines is 1. The predicted octanol–water partition coefficient (Wildman–Crippen LogP) is 4.74. The number of nitrogens with zero attached hydrogens (tertiary/aromatic N) is 1. The Morgan fingerprint density at radius 2 is 1.55 bits per heavy atom. The molecule has 0 saturated heterocycles. The molecule has 3 nitrogen and oxygen atoms in total. The molecule has 0 bridgehead atoms. The van der Waals surface area contributed by atoms with Gasteiger partial charge in [-0.1, -0.05) is 47.6 Å². The van der Waals surface area contributed by atoms with E-state index in [2.05, 4.69) is 17.3 Å². The van der Waals surface area contributed by atoms with Crippen molar-refractivity contribution in [3.05, 3.63) is 72.8 Å². The molecular weight excluding hydrogens is 272 g/mol. The lowest BCUT2D eigenvalue weighted by Gasteiger charge is -2.09. The van der Waals surface area contributed by atoms with Crippen molar-refractivity contribution >= 4 is 16.6 Å². The van der Waals surface area contributed by atoms with E-state index in [0.29, 0.717) is 0 Å². The Balaban J connectivity index is 2.00. The number of rotatable bonds is 2. The number of nitrogens with two attached hydrogens (primary N) is 1. The predicted molar refractivity (Wildman–Crippen MR) is 89.3 cm³/mol. The van der Waals surface area contributed by atoms with Crippen molar-refractivity contribution in [2.75, 3.05) is 5.73 Å². The van der Waals surface area contributed by atoms with Crippen molar-refractivity contribution in [1.29, 1.82) is 0 Å². The summed E-state index contributed by atoms with van der Waals surface area (Å²) >= 11 is 0. The van der Waals surface area contributed by atoms with Gasteiger partial charge >= 0.3 is 0 Å². The molecule has 3 heteroatoms. The molecule has 1 heterocycles. The topological polar surface area (TPSA) is 52.0 Å². The summed E-state index contributed by atoms with van der Waals surface area (Å²) in [5.41, 5.74) is 10.7. The zero-order valence-electron chi connectivity index (χ0n) is 11.9. The molecule has 1 aromatic heterocycles. The largest absolute Gasteiger partial charge is 0.399 e. The standard InChI is InChI=1S/C19H14N2O/c20-14-10-11-15(17(12-14)13-6-2-1-3-7-13)19-16-8-4-5-9-18(16)21-22-19/h1-12H,20H2. The van der Waals surface area contributed by atoms with Gasteiger partial charge in [0.25, 0.3) is 0 Å². The lowest BCUT2D eigenvalue weighted by Crippen LogP contribution is -1.89. The van der Waals surface area contributed by atoms with Crippen LogP contribution in [0, 0.1) is 0 Å². The molecule has 0 saturated carbocycles. The lowest BCUT2D eigenvalue weighted by molar-refractivity contribution is 0.441. The van der Waals surface area contributed by atoms with Gasteiger partial charge in [-0.2, -0.15) is 0 Å². The minimum atomic E-state index is 0.728. The van der Waals surface area contributed by atoms with Crippen LogP contribution >= 0.6 is 0 Å². The second kappa shape index (κ2) is 5.04. The maximum atomic E-state index is 5.98. The molecule has 0 radical (unpaired) electrons. The van der Waals surface area contributed by atoms with Gasteiger partial charge in [0.2, 0.25) is 0 Å². The second-order valence-corrected chi connectivity index (χ2v) is 5.20. The third-order valence-corrected chi connectivity index (χ3v) is 3.76. The van der Waals surface area contributed by atoms with Crippen molar-refractivity contribution in [1.82, 2.24) is 5.16 Å². The molecule has 0 aliphatic carbocycles. The van der Waals surface area contributed by atoms with E-state index in [0.717, 1.165) is 39.0 Å². The summed E-state index contributed by atoms with van der Waals surface area (Å²) in [6.07, 6.45) is 0. The van der Waals surface area contributed by atoms with Crippen LogP contribution in [0.15, 0.2) is 77.3 Å². The van der Waals surface area contributed by atoms with Gasteiger partial charge in [0, 0.05) is 16.6 Å².